The summed E-state index contributed by atoms with van der Waals surface area (Å²) >= 11 is 0. The first-order chi connectivity index (χ1) is 13.5. The molecule has 7 heteroatoms. The van der Waals surface area contributed by atoms with Gasteiger partial charge in [0.25, 0.3) is 0 Å². The van der Waals surface area contributed by atoms with E-state index in [0.717, 1.165) is 11.1 Å². The van der Waals surface area contributed by atoms with Crippen molar-refractivity contribution in [2.45, 2.75) is 25.6 Å². The normalized spacial score (nSPS) is 23.5. The number of esters is 1. The number of fused-ring (bicyclic) bond motifs is 1. The van der Waals surface area contributed by atoms with Crippen LogP contribution in [-0.2, 0) is 9.53 Å². The SMILES string of the molecule is CCOC(=O)[C@@H]1[C@@H](c2ccccc2)n2nc(-c3ccccc3)nc2N[C@]1(C)O. The van der Waals surface area contributed by atoms with Gasteiger partial charge in [0, 0.05) is 5.56 Å². The van der Waals surface area contributed by atoms with Gasteiger partial charge in [-0.05, 0) is 19.4 Å². The summed E-state index contributed by atoms with van der Waals surface area (Å²) in [4.78, 5) is 17.4. The highest BCUT2D eigenvalue weighted by Gasteiger charge is 2.51. The van der Waals surface area contributed by atoms with Crippen LogP contribution in [0, 0.1) is 5.92 Å². The van der Waals surface area contributed by atoms with Crippen molar-refractivity contribution < 1.29 is 14.6 Å². The third kappa shape index (κ3) is 3.14. The largest absolute Gasteiger partial charge is 0.466 e. The standard InChI is InChI=1S/C21H22N4O3/c1-3-28-19(26)16-17(14-10-6-4-7-11-14)25-20(23-21(16,2)27)22-18(24-25)15-12-8-5-9-13-15/h4-13,16-17,27H,3H2,1-2H3,(H,22,23,24)/t16-,17+,21+/m0/s1. The Balaban J connectivity index is 1.88. The third-order valence-electron chi connectivity index (χ3n) is 4.89. The fraction of sp³-hybridized carbons (Fsp3) is 0.286. The van der Waals surface area contributed by atoms with E-state index < -0.39 is 23.7 Å². The fourth-order valence-corrected chi connectivity index (χ4v) is 3.64. The van der Waals surface area contributed by atoms with Crippen LogP contribution in [0.2, 0.25) is 0 Å². The maximum Gasteiger partial charge on any atom is 0.316 e. The van der Waals surface area contributed by atoms with Gasteiger partial charge in [0.2, 0.25) is 5.95 Å². The lowest BCUT2D eigenvalue weighted by Crippen LogP contribution is -2.55. The van der Waals surface area contributed by atoms with Crippen molar-refractivity contribution in [3.8, 4) is 11.4 Å². The number of anilines is 1. The third-order valence-corrected chi connectivity index (χ3v) is 4.89. The lowest BCUT2D eigenvalue weighted by molar-refractivity contribution is -0.159. The molecule has 2 aromatic carbocycles. The molecular formula is C21H22N4O3. The fourth-order valence-electron chi connectivity index (χ4n) is 3.64. The number of nitrogens with zero attached hydrogens (tertiary/aromatic N) is 3. The van der Waals surface area contributed by atoms with Crippen LogP contribution >= 0.6 is 0 Å². The Morgan fingerprint density at radius 1 is 1.18 bits per heavy atom. The molecule has 0 amide bonds. The van der Waals surface area contributed by atoms with Gasteiger partial charge in [-0.2, -0.15) is 4.98 Å². The molecule has 0 bridgehead atoms. The van der Waals surface area contributed by atoms with E-state index in [9.17, 15) is 9.90 Å². The molecular weight excluding hydrogens is 356 g/mol. The summed E-state index contributed by atoms with van der Waals surface area (Å²) in [7, 11) is 0. The van der Waals surface area contributed by atoms with E-state index in [1.54, 1.807) is 18.5 Å². The molecule has 144 valence electrons. The van der Waals surface area contributed by atoms with Gasteiger partial charge >= 0.3 is 5.97 Å². The molecule has 4 rings (SSSR count). The topological polar surface area (TPSA) is 89.3 Å². The number of rotatable bonds is 4. The molecule has 0 saturated carbocycles. The summed E-state index contributed by atoms with van der Waals surface area (Å²) in [5.74, 6) is -0.466. The summed E-state index contributed by atoms with van der Waals surface area (Å²) in [6, 6.07) is 18.5. The lowest BCUT2D eigenvalue weighted by atomic mass is 9.83. The second-order valence-corrected chi connectivity index (χ2v) is 6.93. The molecule has 3 aromatic rings. The average molecular weight is 378 g/mol. The first-order valence-corrected chi connectivity index (χ1v) is 9.25. The highest BCUT2D eigenvalue weighted by Crippen LogP contribution is 2.41. The van der Waals surface area contributed by atoms with Crippen LogP contribution in [0.5, 0.6) is 0 Å². The number of nitrogens with one attached hydrogen (secondary N) is 1. The minimum Gasteiger partial charge on any atom is -0.466 e. The zero-order valence-electron chi connectivity index (χ0n) is 15.7. The first kappa shape index (κ1) is 18.2. The van der Waals surface area contributed by atoms with Crippen molar-refractivity contribution >= 4 is 11.9 Å². The molecule has 28 heavy (non-hydrogen) atoms. The first-order valence-electron chi connectivity index (χ1n) is 9.25. The molecule has 3 atom stereocenters. The number of carbonyl (C=O) groups is 1. The zero-order valence-corrected chi connectivity index (χ0v) is 15.7. The quantitative estimate of drug-likeness (QED) is 0.679. The number of benzene rings is 2. The van der Waals surface area contributed by atoms with Crippen molar-refractivity contribution in [3.05, 3.63) is 66.2 Å². The maximum absolute atomic E-state index is 12.8. The molecule has 0 radical (unpaired) electrons. The van der Waals surface area contributed by atoms with Gasteiger partial charge in [-0.3, -0.25) is 4.79 Å². The molecule has 2 N–H and O–H groups in total. The van der Waals surface area contributed by atoms with E-state index in [0.29, 0.717) is 11.8 Å². The molecule has 7 nitrogen and oxygen atoms in total. The lowest BCUT2D eigenvalue weighted by Gasteiger charge is -2.41. The maximum atomic E-state index is 12.8. The van der Waals surface area contributed by atoms with Crippen molar-refractivity contribution in [2.24, 2.45) is 5.92 Å². The van der Waals surface area contributed by atoms with Gasteiger partial charge < -0.3 is 15.2 Å². The summed E-state index contributed by atoms with van der Waals surface area (Å²) in [6.45, 7) is 3.53. The second kappa shape index (κ2) is 7.09. The van der Waals surface area contributed by atoms with Gasteiger partial charge in [0.05, 0.1) is 12.6 Å². The Morgan fingerprint density at radius 3 is 2.46 bits per heavy atom. The van der Waals surface area contributed by atoms with E-state index >= 15 is 0 Å². The molecule has 0 aliphatic carbocycles. The van der Waals surface area contributed by atoms with Gasteiger partial charge in [0.15, 0.2) is 11.5 Å². The number of hydrogen-bond acceptors (Lipinski definition) is 6. The molecule has 0 unspecified atom stereocenters. The van der Waals surface area contributed by atoms with Crippen LogP contribution in [0.3, 0.4) is 0 Å². The Bertz CT molecular complexity index is 970. The highest BCUT2D eigenvalue weighted by atomic mass is 16.5. The van der Waals surface area contributed by atoms with E-state index in [4.69, 9.17) is 4.74 Å². The number of aliphatic hydroxyl groups is 1. The second-order valence-electron chi connectivity index (χ2n) is 6.93. The number of ether oxygens (including phenoxy) is 1. The van der Waals surface area contributed by atoms with Crippen LogP contribution in [0.15, 0.2) is 60.7 Å². The molecule has 0 saturated heterocycles. The number of hydrogen-bond donors (Lipinski definition) is 2. The van der Waals surface area contributed by atoms with Crippen molar-refractivity contribution in [2.75, 3.05) is 11.9 Å². The molecule has 0 fully saturated rings. The predicted molar refractivity (Wildman–Crippen MR) is 104 cm³/mol. The van der Waals surface area contributed by atoms with Crippen LogP contribution < -0.4 is 5.32 Å². The molecule has 1 aromatic heterocycles. The Morgan fingerprint density at radius 2 is 1.82 bits per heavy atom. The highest BCUT2D eigenvalue weighted by molar-refractivity contribution is 5.76. The molecule has 0 spiro atoms. The minimum absolute atomic E-state index is 0.229. The van der Waals surface area contributed by atoms with E-state index in [1.165, 1.54) is 0 Å². The van der Waals surface area contributed by atoms with Gasteiger partial charge in [-0.25, -0.2) is 4.68 Å². The molecule has 1 aliphatic heterocycles. The van der Waals surface area contributed by atoms with Crippen LogP contribution in [0.4, 0.5) is 5.95 Å². The van der Waals surface area contributed by atoms with Gasteiger partial charge in [0.1, 0.15) is 5.92 Å². The molecule has 2 heterocycles. The molecule has 1 aliphatic rings. The Kier molecular flexibility index (Phi) is 4.60. The van der Waals surface area contributed by atoms with Crippen LogP contribution in [-0.4, -0.2) is 38.2 Å². The summed E-state index contributed by atoms with van der Waals surface area (Å²) in [5.41, 5.74) is 0.141. The van der Waals surface area contributed by atoms with Gasteiger partial charge in [-0.15, -0.1) is 5.10 Å². The summed E-state index contributed by atoms with van der Waals surface area (Å²) < 4.78 is 6.94. The summed E-state index contributed by atoms with van der Waals surface area (Å²) in [6.07, 6.45) is 0. The average Bonchev–Trinajstić information content (AvgIpc) is 3.10. The van der Waals surface area contributed by atoms with Crippen LogP contribution in [0.1, 0.15) is 25.5 Å². The van der Waals surface area contributed by atoms with Crippen molar-refractivity contribution in [1.29, 1.82) is 0 Å². The van der Waals surface area contributed by atoms with Crippen molar-refractivity contribution in [1.82, 2.24) is 14.8 Å². The monoisotopic (exact) mass is 378 g/mol. The predicted octanol–water partition coefficient (Wildman–Crippen LogP) is 2.85. The smallest absolute Gasteiger partial charge is 0.316 e. The zero-order chi connectivity index (χ0) is 19.7. The van der Waals surface area contributed by atoms with Crippen LogP contribution in [0.25, 0.3) is 11.4 Å². The van der Waals surface area contributed by atoms with E-state index in [1.807, 2.05) is 60.7 Å². The Labute approximate surface area is 163 Å². The van der Waals surface area contributed by atoms with Gasteiger partial charge in [-0.1, -0.05) is 60.7 Å². The van der Waals surface area contributed by atoms with E-state index in [2.05, 4.69) is 15.4 Å². The van der Waals surface area contributed by atoms with E-state index in [-0.39, 0.29) is 6.61 Å². The van der Waals surface area contributed by atoms with Crippen molar-refractivity contribution in [3.63, 3.8) is 0 Å². The number of carbonyl (C=O) groups excluding carboxylic acids is 1. The minimum atomic E-state index is -1.55. The Hall–Kier alpha value is -3.19. The summed E-state index contributed by atoms with van der Waals surface area (Å²) in [5, 5.41) is 18.7. The number of aromatic nitrogens is 3.